The normalized spacial score (nSPS) is 13.2. The van der Waals surface area contributed by atoms with Crippen molar-refractivity contribution < 1.29 is 0 Å². The highest BCUT2D eigenvalue weighted by Crippen LogP contribution is 2.17. The molecule has 0 heterocycles. The van der Waals surface area contributed by atoms with E-state index in [2.05, 4.69) is 50.4 Å². The number of rotatable bonds is 3. The Morgan fingerprint density at radius 2 is 1.93 bits per heavy atom. The number of hydrogen-bond donors (Lipinski definition) is 3. The van der Waals surface area contributed by atoms with Gasteiger partial charge in [0.2, 0.25) is 5.96 Å². The minimum atomic E-state index is 0.320. The maximum Gasteiger partial charge on any atom is 0.205 e. The van der Waals surface area contributed by atoms with E-state index in [9.17, 15) is 0 Å². The van der Waals surface area contributed by atoms with Gasteiger partial charge in [0.15, 0.2) is 0 Å². The van der Waals surface area contributed by atoms with Crippen LogP contribution in [0.5, 0.6) is 0 Å². The Bertz CT molecular complexity index is 179. The highest BCUT2D eigenvalue weighted by Gasteiger charge is 2.09. The summed E-state index contributed by atoms with van der Waals surface area (Å²) in [6, 6.07) is 0.347. The van der Waals surface area contributed by atoms with E-state index in [0.29, 0.717) is 17.4 Å². The minimum absolute atomic E-state index is 0.320. The molecule has 0 rings (SSSR count). The van der Waals surface area contributed by atoms with Crippen molar-refractivity contribution in [3.63, 3.8) is 0 Å². The van der Waals surface area contributed by atoms with Gasteiger partial charge in [-0.25, -0.2) is 5.84 Å². The average molecular weight is 200 g/mol. The van der Waals surface area contributed by atoms with Crippen LogP contribution in [-0.4, -0.2) is 18.5 Å². The van der Waals surface area contributed by atoms with Crippen LogP contribution in [0.1, 0.15) is 41.0 Å². The quantitative estimate of drug-likeness (QED) is 0.278. The van der Waals surface area contributed by atoms with Crippen molar-refractivity contribution in [2.75, 3.05) is 6.54 Å². The van der Waals surface area contributed by atoms with Crippen LogP contribution in [0.25, 0.3) is 0 Å². The van der Waals surface area contributed by atoms with Gasteiger partial charge in [-0.1, -0.05) is 20.8 Å². The molecule has 0 aliphatic heterocycles. The molecule has 0 spiro atoms. The lowest BCUT2D eigenvalue weighted by Gasteiger charge is -2.17. The van der Waals surface area contributed by atoms with Gasteiger partial charge in [-0.05, 0) is 25.7 Å². The highest BCUT2D eigenvalue weighted by molar-refractivity contribution is 5.79. The SMILES string of the molecule is CC(C)NC(=NCCC(C)(C)C)NN. The van der Waals surface area contributed by atoms with E-state index in [1.165, 1.54) is 0 Å². The molecule has 84 valence electrons. The lowest BCUT2D eigenvalue weighted by molar-refractivity contribution is 0.385. The minimum Gasteiger partial charge on any atom is -0.353 e. The van der Waals surface area contributed by atoms with Crippen LogP contribution in [-0.2, 0) is 0 Å². The van der Waals surface area contributed by atoms with Gasteiger partial charge in [0.1, 0.15) is 0 Å². The van der Waals surface area contributed by atoms with E-state index in [0.717, 1.165) is 13.0 Å². The molecular formula is C10H24N4. The van der Waals surface area contributed by atoms with Gasteiger partial charge in [0, 0.05) is 12.6 Å². The molecule has 0 radical (unpaired) electrons. The second-order valence-electron chi connectivity index (χ2n) is 4.98. The Morgan fingerprint density at radius 3 is 2.29 bits per heavy atom. The highest BCUT2D eigenvalue weighted by atomic mass is 15.3. The largest absolute Gasteiger partial charge is 0.353 e. The van der Waals surface area contributed by atoms with Gasteiger partial charge in [0.25, 0.3) is 0 Å². The fraction of sp³-hybridized carbons (Fsp3) is 0.900. The van der Waals surface area contributed by atoms with Crippen molar-refractivity contribution in [1.29, 1.82) is 0 Å². The molecule has 4 N–H and O–H groups in total. The number of nitrogens with zero attached hydrogens (tertiary/aromatic N) is 1. The fourth-order valence-electron chi connectivity index (χ4n) is 0.910. The zero-order valence-corrected chi connectivity index (χ0v) is 10.0. The van der Waals surface area contributed by atoms with Crippen molar-refractivity contribution in [3.05, 3.63) is 0 Å². The zero-order valence-electron chi connectivity index (χ0n) is 10.0. The van der Waals surface area contributed by atoms with E-state index >= 15 is 0 Å². The van der Waals surface area contributed by atoms with Crippen LogP contribution < -0.4 is 16.6 Å². The molecule has 0 aromatic heterocycles. The van der Waals surface area contributed by atoms with Gasteiger partial charge in [-0.15, -0.1) is 0 Å². The Labute approximate surface area is 87.3 Å². The first kappa shape index (κ1) is 13.2. The number of hydrazine groups is 1. The van der Waals surface area contributed by atoms with E-state index in [1.54, 1.807) is 0 Å². The summed E-state index contributed by atoms with van der Waals surface area (Å²) < 4.78 is 0. The molecule has 0 bridgehead atoms. The molecule has 4 heteroatoms. The molecule has 0 saturated heterocycles. The zero-order chi connectivity index (χ0) is 11.2. The van der Waals surface area contributed by atoms with Crippen molar-refractivity contribution in [2.24, 2.45) is 16.3 Å². The third kappa shape index (κ3) is 7.86. The molecular weight excluding hydrogens is 176 g/mol. The second-order valence-corrected chi connectivity index (χ2v) is 4.98. The van der Waals surface area contributed by atoms with Gasteiger partial charge in [-0.3, -0.25) is 10.4 Å². The summed E-state index contributed by atoms with van der Waals surface area (Å²) in [6.45, 7) is 11.5. The third-order valence-electron chi connectivity index (χ3n) is 1.69. The van der Waals surface area contributed by atoms with Gasteiger partial charge in [0.05, 0.1) is 0 Å². The topological polar surface area (TPSA) is 62.4 Å². The maximum absolute atomic E-state index is 5.33. The van der Waals surface area contributed by atoms with Crippen molar-refractivity contribution in [3.8, 4) is 0 Å². The van der Waals surface area contributed by atoms with E-state index < -0.39 is 0 Å². The molecule has 0 atom stereocenters. The van der Waals surface area contributed by atoms with Crippen LogP contribution >= 0.6 is 0 Å². The summed E-state index contributed by atoms with van der Waals surface area (Å²) >= 11 is 0. The summed E-state index contributed by atoms with van der Waals surface area (Å²) in [5.74, 6) is 6.00. The van der Waals surface area contributed by atoms with Crippen LogP contribution in [0.3, 0.4) is 0 Å². The first-order valence-electron chi connectivity index (χ1n) is 5.13. The molecule has 0 aromatic rings. The molecule has 0 unspecified atom stereocenters. The molecule has 0 fully saturated rings. The molecule has 0 saturated carbocycles. The van der Waals surface area contributed by atoms with Gasteiger partial charge >= 0.3 is 0 Å². The maximum atomic E-state index is 5.33. The van der Waals surface area contributed by atoms with E-state index in [4.69, 9.17) is 5.84 Å². The summed E-state index contributed by atoms with van der Waals surface area (Å²) in [7, 11) is 0. The standard InChI is InChI=1S/C10H24N4/c1-8(2)13-9(14-11)12-7-6-10(3,4)5/h8H,6-7,11H2,1-5H3,(H2,12,13,14). The van der Waals surface area contributed by atoms with Gasteiger partial charge in [-0.2, -0.15) is 0 Å². The van der Waals surface area contributed by atoms with E-state index in [-0.39, 0.29) is 0 Å². The average Bonchev–Trinajstić information content (AvgIpc) is 1.99. The Balaban J connectivity index is 3.93. The predicted octanol–water partition coefficient (Wildman–Crippen LogP) is 1.24. The molecule has 14 heavy (non-hydrogen) atoms. The summed E-state index contributed by atoms with van der Waals surface area (Å²) in [6.07, 6.45) is 1.05. The summed E-state index contributed by atoms with van der Waals surface area (Å²) in [4.78, 5) is 4.34. The number of guanidine groups is 1. The number of nitrogens with two attached hydrogens (primary N) is 1. The Morgan fingerprint density at radius 1 is 1.36 bits per heavy atom. The molecule has 0 aliphatic carbocycles. The lowest BCUT2D eigenvalue weighted by atomic mass is 9.93. The molecule has 0 aliphatic rings. The first-order valence-corrected chi connectivity index (χ1v) is 5.13. The summed E-state index contributed by atoms with van der Waals surface area (Å²) in [5, 5.41) is 3.13. The monoisotopic (exact) mass is 200 g/mol. The van der Waals surface area contributed by atoms with Gasteiger partial charge < -0.3 is 5.32 Å². The lowest BCUT2D eigenvalue weighted by Crippen LogP contribution is -2.44. The molecule has 0 aromatic carbocycles. The molecule has 0 amide bonds. The van der Waals surface area contributed by atoms with Crippen molar-refractivity contribution in [1.82, 2.24) is 10.7 Å². The number of aliphatic imine (C=N–C) groups is 1. The van der Waals surface area contributed by atoms with E-state index in [1.807, 2.05) is 0 Å². The molecule has 4 nitrogen and oxygen atoms in total. The van der Waals surface area contributed by atoms with Crippen molar-refractivity contribution >= 4 is 5.96 Å². The van der Waals surface area contributed by atoms with Crippen LogP contribution in [0.15, 0.2) is 4.99 Å². The third-order valence-corrected chi connectivity index (χ3v) is 1.69. The van der Waals surface area contributed by atoms with Crippen LogP contribution in [0.4, 0.5) is 0 Å². The van der Waals surface area contributed by atoms with Crippen LogP contribution in [0, 0.1) is 5.41 Å². The number of hydrogen-bond acceptors (Lipinski definition) is 2. The Hall–Kier alpha value is -0.770. The van der Waals surface area contributed by atoms with Crippen LogP contribution in [0.2, 0.25) is 0 Å². The Kier molecular flexibility index (Phi) is 5.53. The first-order chi connectivity index (χ1) is 6.35. The fourth-order valence-corrected chi connectivity index (χ4v) is 0.910. The smallest absolute Gasteiger partial charge is 0.205 e. The summed E-state index contributed by atoms with van der Waals surface area (Å²) in [5.41, 5.74) is 2.88. The number of nitrogens with one attached hydrogen (secondary N) is 2. The predicted molar refractivity (Wildman–Crippen MR) is 62.0 cm³/mol. The van der Waals surface area contributed by atoms with Crippen molar-refractivity contribution in [2.45, 2.75) is 47.1 Å². The second kappa shape index (κ2) is 5.86.